The molecule has 3 rings (SSSR count). The van der Waals surface area contributed by atoms with E-state index in [1.807, 2.05) is 0 Å². The van der Waals surface area contributed by atoms with Crippen LogP contribution in [0.15, 0.2) is 48.7 Å². The molecule has 0 radical (unpaired) electrons. The topological polar surface area (TPSA) is 85.2 Å². The predicted molar refractivity (Wildman–Crippen MR) is 117 cm³/mol. The standard InChI is InChI=1S/C22H20ClF3N4O3/c1-13-18(12-28-30(13)16-5-3-4-14(10-16)22(24,25)26)21(32)29-15-6-7-17(19(23)11-15)20(31)27-8-9-33-2/h3-7,10-12H,8-9H2,1-2H3,(H,27,31)(H,29,32). The van der Waals surface area contributed by atoms with Gasteiger partial charge in [-0.1, -0.05) is 17.7 Å². The van der Waals surface area contributed by atoms with Gasteiger partial charge in [-0.2, -0.15) is 18.3 Å². The monoisotopic (exact) mass is 480 g/mol. The van der Waals surface area contributed by atoms with Gasteiger partial charge in [-0.05, 0) is 43.3 Å². The van der Waals surface area contributed by atoms with E-state index < -0.39 is 17.6 Å². The van der Waals surface area contributed by atoms with Crippen LogP contribution in [0.2, 0.25) is 5.02 Å². The minimum absolute atomic E-state index is 0.138. The maximum Gasteiger partial charge on any atom is 0.416 e. The van der Waals surface area contributed by atoms with Crippen molar-refractivity contribution in [3.05, 3.63) is 76.1 Å². The molecule has 0 aliphatic rings. The van der Waals surface area contributed by atoms with Gasteiger partial charge < -0.3 is 15.4 Å². The van der Waals surface area contributed by atoms with Crippen LogP contribution in [0.1, 0.15) is 32.0 Å². The molecule has 1 heterocycles. The highest BCUT2D eigenvalue weighted by molar-refractivity contribution is 6.34. The Balaban J connectivity index is 1.76. The van der Waals surface area contributed by atoms with Crippen LogP contribution in [-0.2, 0) is 10.9 Å². The number of hydrogen-bond acceptors (Lipinski definition) is 4. The Morgan fingerprint density at radius 3 is 2.55 bits per heavy atom. The van der Waals surface area contributed by atoms with E-state index in [1.54, 1.807) is 6.92 Å². The number of nitrogens with zero attached hydrogens (tertiary/aromatic N) is 2. The van der Waals surface area contributed by atoms with Crippen molar-refractivity contribution in [2.75, 3.05) is 25.6 Å². The number of benzene rings is 2. The van der Waals surface area contributed by atoms with Gasteiger partial charge in [0, 0.05) is 19.3 Å². The first-order valence-corrected chi connectivity index (χ1v) is 10.1. The van der Waals surface area contributed by atoms with E-state index in [0.29, 0.717) is 24.5 Å². The smallest absolute Gasteiger partial charge is 0.383 e. The molecule has 33 heavy (non-hydrogen) atoms. The van der Waals surface area contributed by atoms with Crippen molar-refractivity contribution < 1.29 is 27.5 Å². The number of carbonyl (C=O) groups excluding carboxylic acids is 2. The van der Waals surface area contributed by atoms with Crippen molar-refractivity contribution in [1.82, 2.24) is 15.1 Å². The van der Waals surface area contributed by atoms with Gasteiger partial charge in [0.25, 0.3) is 11.8 Å². The van der Waals surface area contributed by atoms with Crippen molar-refractivity contribution in [2.24, 2.45) is 0 Å². The summed E-state index contributed by atoms with van der Waals surface area (Å²) in [6.07, 6.45) is -3.23. The van der Waals surface area contributed by atoms with Crippen LogP contribution in [0, 0.1) is 6.92 Å². The number of carbonyl (C=O) groups is 2. The second-order valence-electron chi connectivity index (χ2n) is 7.00. The fourth-order valence-electron chi connectivity index (χ4n) is 3.04. The van der Waals surface area contributed by atoms with Crippen molar-refractivity contribution in [1.29, 1.82) is 0 Å². The lowest BCUT2D eigenvalue weighted by Gasteiger charge is -2.11. The molecule has 2 aromatic carbocycles. The SMILES string of the molecule is COCCNC(=O)c1ccc(NC(=O)c2cnn(-c3cccc(C(F)(F)F)c3)c2C)cc1Cl. The molecule has 0 atom stereocenters. The van der Waals surface area contributed by atoms with Gasteiger partial charge in [0.15, 0.2) is 0 Å². The third-order valence-electron chi connectivity index (χ3n) is 4.74. The van der Waals surface area contributed by atoms with Crippen molar-refractivity contribution in [3.8, 4) is 5.69 Å². The van der Waals surface area contributed by atoms with E-state index in [9.17, 15) is 22.8 Å². The number of alkyl halides is 3. The fourth-order valence-corrected chi connectivity index (χ4v) is 3.31. The molecular weight excluding hydrogens is 461 g/mol. The predicted octanol–water partition coefficient (Wildman–Crippen LogP) is 4.48. The second-order valence-corrected chi connectivity index (χ2v) is 7.41. The van der Waals surface area contributed by atoms with Gasteiger partial charge in [-0.25, -0.2) is 4.68 Å². The molecule has 3 aromatic rings. The summed E-state index contributed by atoms with van der Waals surface area (Å²) in [5.74, 6) is -0.910. The number of ether oxygens (including phenoxy) is 1. The first kappa shape index (κ1) is 24.3. The molecule has 0 spiro atoms. The Labute approximate surface area is 192 Å². The molecule has 0 aliphatic heterocycles. The Kier molecular flexibility index (Phi) is 7.39. The van der Waals surface area contributed by atoms with E-state index in [-0.39, 0.29) is 27.7 Å². The van der Waals surface area contributed by atoms with Crippen LogP contribution >= 0.6 is 11.6 Å². The molecule has 0 bridgehead atoms. The third kappa shape index (κ3) is 5.71. The maximum absolute atomic E-state index is 13.0. The molecule has 7 nitrogen and oxygen atoms in total. The van der Waals surface area contributed by atoms with Gasteiger partial charge in [0.2, 0.25) is 0 Å². The Morgan fingerprint density at radius 2 is 1.88 bits per heavy atom. The van der Waals surface area contributed by atoms with Crippen LogP contribution in [0.3, 0.4) is 0 Å². The zero-order chi connectivity index (χ0) is 24.2. The number of nitrogens with one attached hydrogen (secondary N) is 2. The molecular formula is C22H20ClF3N4O3. The Bertz CT molecular complexity index is 1180. The number of methoxy groups -OCH3 is 1. The largest absolute Gasteiger partial charge is 0.416 e. The highest BCUT2D eigenvalue weighted by Crippen LogP contribution is 2.30. The Hall–Kier alpha value is -3.37. The minimum Gasteiger partial charge on any atom is -0.383 e. The molecule has 1 aromatic heterocycles. The van der Waals surface area contributed by atoms with Gasteiger partial charge in [0.1, 0.15) is 0 Å². The lowest BCUT2D eigenvalue weighted by molar-refractivity contribution is -0.137. The van der Waals surface area contributed by atoms with Gasteiger partial charge in [0.05, 0.1) is 45.9 Å². The fraction of sp³-hybridized carbons (Fsp3) is 0.227. The molecule has 2 N–H and O–H groups in total. The van der Waals surface area contributed by atoms with Crippen LogP contribution < -0.4 is 10.6 Å². The quantitative estimate of drug-likeness (QED) is 0.488. The minimum atomic E-state index is -4.50. The van der Waals surface area contributed by atoms with Crippen molar-refractivity contribution >= 4 is 29.1 Å². The highest BCUT2D eigenvalue weighted by atomic mass is 35.5. The molecule has 0 fully saturated rings. The summed E-state index contributed by atoms with van der Waals surface area (Å²) in [5.41, 5.74) is 0.455. The number of halogens is 4. The molecule has 0 aliphatic carbocycles. The lowest BCUT2D eigenvalue weighted by Crippen LogP contribution is -2.27. The van der Waals surface area contributed by atoms with E-state index in [0.717, 1.165) is 12.1 Å². The third-order valence-corrected chi connectivity index (χ3v) is 5.05. The lowest BCUT2D eigenvalue weighted by atomic mass is 10.1. The molecule has 0 saturated carbocycles. The molecule has 2 amide bonds. The van der Waals surface area contributed by atoms with Gasteiger partial charge in [-0.15, -0.1) is 0 Å². The Morgan fingerprint density at radius 1 is 1.12 bits per heavy atom. The van der Waals surface area contributed by atoms with E-state index >= 15 is 0 Å². The second kappa shape index (κ2) is 10.1. The number of anilines is 1. The van der Waals surface area contributed by atoms with Crippen LogP contribution in [-0.4, -0.2) is 41.9 Å². The van der Waals surface area contributed by atoms with Crippen LogP contribution in [0.4, 0.5) is 18.9 Å². The zero-order valence-electron chi connectivity index (χ0n) is 17.7. The maximum atomic E-state index is 13.0. The van der Waals surface area contributed by atoms with Gasteiger partial charge in [-0.3, -0.25) is 9.59 Å². The number of aromatic nitrogens is 2. The number of rotatable bonds is 7. The first-order valence-electron chi connectivity index (χ1n) is 9.72. The molecule has 0 saturated heterocycles. The van der Waals surface area contributed by atoms with Crippen molar-refractivity contribution in [3.63, 3.8) is 0 Å². The summed E-state index contributed by atoms with van der Waals surface area (Å²) in [7, 11) is 1.52. The molecule has 11 heteroatoms. The summed E-state index contributed by atoms with van der Waals surface area (Å²) >= 11 is 6.18. The average molecular weight is 481 g/mol. The normalized spacial score (nSPS) is 11.3. The number of amides is 2. The molecule has 174 valence electrons. The van der Waals surface area contributed by atoms with Gasteiger partial charge >= 0.3 is 6.18 Å². The zero-order valence-corrected chi connectivity index (χ0v) is 18.4. The first-order chi connectivity index (χ1) is 15.6. The van der Waals surface area contributed by atoms with E-state index in [2.05, 4.69) is 15.7 Å². The average Bonchev–Trinajstić information content (AvgIpc) is 3.15. The van der Waals surface area contributed by atoms with Crippen LogP contribution in [0.5, 0.6) is 0 Å². The highest BCUT2D eigenvalue weighted by Gasteiger charge is 2.30. The van der Waals surface area contributed by atoms with E-state index in [4.69, 9.17) is 16.3 Å². The van der Waals surface area contributed by atoms with E-state index in [1.165, 1.54) is 48.3 Å². The summed E-state index contributed by atoms with van der Waals surface area (Å²) < 4.78 is 45.2. The van der Waals surface area contributed by atoms with Crippen LogP contribution in [0.25, 0.3) is 5.69 Å². The molecule has 0 unspecified atom stereocenters. The van der Waals surface area contributed by atoms with Crippen molar-refractivity contribution in [2.45, 2.75) is 13.1 Å². The summed E-state index contributed by atoms with van der Waals surface area (Å²) in [5, 5.41) is 9.50. The summed E-state index contributed by atoms with van der Waals surface area (Å²) in [6, 6.07) is 9.07. The summed E-state index contributed by atoms with van der Waals surface area (Å²) in [6.45, 7) is 2.24. The number of hydrogen-bond donors (Lipinski definition) is 2. The summed E-state index contributed by atoms with van der Waals surface area (Å²) in [4.78, 5) is 24.9.